The number of methoxy groups -OCH3 is 2. The smallest absolute Gasteiger partial charge is 0.322 e. The molecule has 38 heavy (non-hydrogen) atoms. The number of anilines is 1. The Balaban J connectivity index is 1.76. The SMILES string of the molecule is C=CCN(CC(=O)N(CCc1ccc(OC)c(OC)c1)Cc1ccc(C)s1)C(=O)Nc1ccc(F)cc1F. The van der Waals surface area contributed by atoms with Crippen LogP contribution in [0.1, 0.15) is 15.3 Å². The fraction of sp³-hybridized carbons (Fsp3) is 0.286. The number of thiophene rings is 1. The average Bonchev–Trinajstić information content (AvgIpc) is 3.31. The zero-order valence-electron chi connectivity index (χ0n) is 21.6. The summed E-state index contributed by atoms with van der Waals surface area (Å²) in [6, 6.07) is 11.7. The number of halogens is 2. The molecule has 0 spiro atoms. The van der Waals surface area contributed by atoms with E-state index in [1.54, 1.807) is 30.5 Å². The number of aryl methyl sites for hydroxylation is 1. The topological polar surface area (TPSA) is 71.1 Å². The molecular formula is C28H31F2N3O4S. The molecule has 1 N–H and O–H groups in total. The predicted octanol–water partition coefficient (Wildman–Crippen LogP) is 5.64. The minimum absolute atomic E-state index is 0.0576. The molecule has 0 aliphatic heterocycles. The van der Waals surface area contributed by atoms with Gasteiger partial charge in [-0.15, -0.1) is 17.9 Å². The molecule has 7 nitrogen and oxygen atoms in total. The maximum Gasteiger partial charge on any atom is 0.322 e. The molecule has 202 valence electrons. The van der Waals surface area contributed by atoms with Gasteiger partial charge < -0.3 is 24.6 Å². The summed E-state index contributed by atoms with van der Waals surface area (Å²) in [5, 5.41) is 2.40. The van der Waals surface area contributed by atoms with E-state index in [4.69, 9.17) is 9.47 Å². The molecule has 0 saturated heterocycles. The van der Waals surface area contributed by atoms with Gasteiger partial charge in [0.05, 0.1) is 26.5 Å². The summed E-state index contributed by atoms with van der Waals surface area (Å²) in [6.07, 6.45) is 2.02. The first kappa shape index (κ1) is 28.6. The number of nitrogens with zero attached hydrogens (tertiary/aromatic N) is 2. The van der Waals surface area contributed by atoms with Crippen LogP contribution in [-0.4, -0.2) is 55.6 Å². The number of benzene rings is 2. The minimum atomic E-state index is -0.909. The number of hydrogen-bond donors (Lipinski definition) is 1. The molecule has 0 unspecified atom stereocenters. The molecule has 2 aromatic carbocycles. The second kappa shape index (κ2) is 13.6. The van der Waals surface area contributed by atoms with Gasteiger partial charge in [-0.1, -0.05) is 12.1 Å². The van der Waals surface area contributed by atoms with E-state index in [9.17, 15) is 18.4 Å². The van der Waals surface area contributed by atoms with Crippen LogP contribution < -0.4 is 14.8 Å². The first-order valence-electron chi connectivity index (χ1n) is 11.9. The maximum atomic E-state index is 14.1. The normalized spacial score (nSPS) is 10.6. The second-order valence-electron chi connectivity index (χ2n) is 8.49. The molecule has 10 heteroatoms. The largest absolute Gasteiger partial charge is 0.493 e. The van der Waals surface area contributed by atoms with Crippen molar-refractivity contribution in [3.05, 3.63) is 88.1 Å². The van der Waals surface area contributed by atoms with E-state index in [0.717, 1.165) is 27.5 Å². The molecular weight excluding hydrogens is 512 g/mol. The van der Waals surface area contributed by atoms with Crippen molar-refractivity contribution in [1.82, 2.24) is 9.80 Å². The highest BCUT2D eigenvalue weighted by Crippen LogP contribution is 2.28. The lowest BCUT2D eigenvalue weighted by Crippen LogP contribution is -2.45. The van der Waals surface area contributed by atoms with Crippen LogP contribution in [0.25, 0.3) is 0 Å². The zero-order chi connectivity index (χ0) is 27.7. The van der Waals surface area contributed by atoms with Gasteiger partial charge in [0, 0.05) is 28.9 Å². The molecule has 3 aromatic rings. The monoisotopic (exact) mass is 543 g/mol. The van der Waals surface area contributed by atoms with Crippen LogP contribution in [0.4, 0.5) is 19.3 Å². The van der Waals surface area contributed by atoms with Gasteiger partial charge in [-0.3, -0.25) is 4.79 Å². The number of carbonyl (C=O) groups is 2. The Morgan fingerprint density at radius 2 is 1.79 bits per heavy atom. The lowest BCUT2D eigenvalue weighted by Gasteiger charge is -2.27. The number of urea groups is 1. The van der Waals surface area contributed by atoms with Crippen molar-refractivity contribution in [3.63, 3.8) is 0 Å². The van der Waals surface area contributed by atoms with Gasteiger partial charge in [0.15, 0.2) is 11.5 Å². The first-order chi connectivity index (χ1) is 18.2. The summed E-state index contributed by atoms with van der Waals surface area (Å²) in [4.78, 5) is 31.4. The van der Waals surface area contributed by atoms with E-state index >= 15 is 0 Å². The van der Waals surface area contributed by atoms with Gasteiger partial charge in [-0.25, -0.2) is 13.6 Å². The predicted molar refractivity (Wildman–Crippen MR) is 145 cm³/mol. The van der Waals surface area contributed by atoms with E-state index in [0.29, 0.717) is 37.1 Å². The van der Waals surface area contributed by atoms with Crippen molar-refractivity contribution < 1.29 is 27.8 Å². The van der Waals surface area contributed by atoms with Crippen LogP contribution in [0.15, 0.2) is 61.2 Å². The Morgan fingerprint density at radius 1 is 1.03 bits per heavy atom. The van der Waals surface area contributed by atoms with Crippen LogP contribution in [0.3, 0.4) is 0 Å². The van der Waals surface area contributed by atoms with Crippen molar-refractivity contribution in [1.29, 1.82) is 0 Å². The van der Waals surface area contributed by atoms with E-state index in [1.165, 1.54) is 11.0 Å². The van der Waals surface area contributed by atoms with Gasteiger partial charge >= 0.3 is 6.03 Å². The molecule has 1 heterocycles. The van der Waals surface area contributed by atoms with Crippen LogP contribution in [-0.2, 0) is 17.8 Å². The molecule has 0 aliphatic rings. The lowest BCUT2D eigenvalue weighted by atomic mass is 10.1. The highest BCUT2D eigenvalue weighted by Gasteiger charge is 2.22. The van der Waals surface area contributed by atoms with Crippen molar-refractivity contribution >= 4 is 29.0 Å². The fourth-order valence-corrected chi connectivity index (χ4v) is 4.68. The summed E-state index contributed by atoms with van der Waals surface area (Å²) >= 11 is 1.59. The van der Waals surface area contributed by atoms with Crippen molar-refractivity contribution in [2.75, 3.05) is 39.2 Å². The summed E-state index contributed by atoms with van der Waals surface area (Å²) in [5.41, 5.74) is 0.771. The minimum Gasteiger partial charge on any atom is -0.493 e. The van der Waals surface area contributed by atoms with Crippen LogP contribution in [0.2, 0.25) is 0 Å². The third kappa shape index (κ3) is 7.79. The van der Waals surface area contributed by atoms with Gasteiger partial charge in [-0.05, 0) is 55.3 Å². The lowest BCUT2D eigenvalue weighted by molar-refractivity contribution is -0.132. The summed E-state index contributed by atoms with van der Waals surface area (Å²) in [5.74, 6) is -0.742. The molecule has 0 bridgehead atoms. The molecule has 0 saturated carbocycles. The molecule has 3 rings (SSSR count). The van der Waals surface area contributed by atoms with Crippen molar-refractivity contribution in [2.24, 2.45) is 0 Å². The molecule has 0 radical (unpaired) electrons. The van der Waals surface area contributed by atoms with Crippen LogP contribution in [0.5, 0.6) is 11.5 Å². The third-order valence-electron chi connectivity index (χ3n) is 5.75. The standard InChI is InChI=1S/C28H31F2N3O4S/c1-5-13-33(28(35)31-24-10-8-21(29)16-23(24)30)18-27(34)32(17-22-9-6-19(2)38-22)14-12-20-7-11-25(36-3)26(15-20)37-4/h5-11,15-16H,1,12-14,17-18H2,2-4H3,(H,31,35). The van der Waals surface area contributed by atoms with Gasteiger partial charge in [0.25, 0.3) is 0 Å². The van der Waals surface area contributed by atoms with E-state index in [1.807, 2.05) is 37.3 Å². The number of hydrogen-bond acceptors (Lipinski definition) is 5. The molecule has 0 atom stereocenters. The summed E-state index contributed by atoms with van der Waals surface area (Å²) in [7, 11) is 3.13. The highest BCUT2D eigenvalue weighted by molar-refractivity contribution is 7.11. The zero-order valence-corrected chi connectivity index (χ0v) is 22.4. The number of amides is 3. The fourth-order valence-electron chi connectivity index (χ4n) is 3.77. The number of nitrogens with one attached hydrogen (secondary N) is 1. The van der Waals surface area contributed by atoms with Gasteiger partial charge in [0.2, 0.25) is 5.91 Å². The maximum absolute atomic E-state index is 14.1. The molecule has 3 amide bonds. The van der Waals surface area contributed by atoms with Gasteiger partial charge in [-0.2, -0.15) is 0 Å². The summed E-state index contributed by atoms with van der Waals surface area (Å²) in [6.45, 7) is 6.22. The van der Waals surface area contributed by atoms with Crippen molar-refractivity contribution in [3.8, 4) is 11.5 Å². The molecule has 0 aliphatic carbocycles. The Morgan fingerprint density at radius 3 is 2.42 bits per heavy atom. The summed E-state index contributed by atoms with van der Waals surface area (Å²) < 4.78 is 38.0. The Labute approximate surface area is 225 Å². The Kier molecular flexibility index (Phi) is 10.2. The quantitative estimate of drug-likeness (QED) is 0.300. The van der Waals surface area contributed by atoms with Crippen LogP contribution >= 0.6 is 11.3 Å². The second-order valence-corrected chi connectivity index (χ2v) is 9.86. The Bertz CT molecular complexity index is 1280. The van der Waals surface area contributed by atoms with Crippen molar-refractivity contribution in [2.45, 2.75) is 19.9 Å². The van der Waals surface area contributed by atoms with E-state index < -0.39 is 17.7 Å². The number of ether oxygens (including phenoxy) is 2. The number of rotatable bonds is 12. The van der Waals surface area contributed by atoms with E-state index in [-0.39, 0.29) is 24.7 Å². The third-order valence-corrected chi connectivity index (χ3v) is 6.73. The average molecular weight is 544 g/mol. The highest BCUT2D eigenvalue weighted by atomic mass is 32.1. The van der Waals surface area contributed by atoms with Gasteiger partial charge in [0.1, 0.15) is 18.2 Å². The molecule has 0 fully saturated rings. The van der Waals surface area contributed by atoms with E-state index in [2.05, 4.69) is 11.9 Å². The first-order valence-corrected chi connectivity index (χ1v) is 12.7. The molecule has 1 aromatic heterocycles. The van der Waals surface area contributed by atoms with Crippen LogP contribution in [0, 0.1) is 18.6 Å². The number of carbonyl (C=O) groups excluding carboxylic acids is 2. The Hall–Kier alpha value is -3.92.